The van der Waals surface area contributed by atoms with Gasteiger partial charge in [0, 0.05) is 49.3 Å². The monoisotopic (exact) mass is 324 g/mol. The summed E-state index contributed by atoms with van der Waals surface area (Å²) in [6, 6.07) is 8.39. The highest BCUT2D eigenvalue weighted by molar-refractivity contribution is 5.95. The van der Waals surface area contributed by atoms with Gasteiger partial charge in [0.15, 0.2) is 0 Å². The van der Waals surface area contributed by atoms with Crippen LogP contribution in [0.4, 0.5) is 5.69 Å². The second-order valence-electron chi connectivity index (χ2n) is 6.85. The van der Waals surface area contributed by atoms with E-state index in [9.17, 15) is 4.79 Å². The van der Waals surface area contributed by atoms with Crippen LogP contribution in [0.15, 0.2) is 43.0 Å². The third-order valence-electron chi connectivity index (χ3n) is 5.41. The minimum Gasteiger partial charge on any atom is -0.383 e. The number of amides is 1. The van der Waals surface area contributed by atoms with Crippen LogP contribution in [0.25, 0.3) is 0 Å². The summed E-state index contributed by atoms with van der Waals surface area (Å²) in [4.78, 5) is 18.9. The van der Waals surface area contributed by atoms with Crippen LogP contribution in [0.1, 0.15) is 36.0 Å². The Bertz CT molecular complexity index is 680. The van der Waals surface area contributed by atoms with Crippen molar-refractivity contribution < 1.29 is 4.79 Å². The number of imidazole rings is 1. The van der Waals surface area contributed by atoms with Gasteiger partial charge in [0.1, 0.15) is 0 Å². The van der Waals surface area contributed by atoms with Crippen LogP contribution in [0.3, 0.4) is 0 Å². The van der Waals surface area contributed by atoms with E-state index in [-0.39, 0.29) is 5.91 Å². The molecule has 1 aliphatic carbocycles. The molecule has 2 heterocycles. The summed E-state index contributed by atoms with van der Waals surface area (Å²) in [6.45, 7) is 2.64. The van der Waals surface area contributed by atoms with Gasteiger partial charge in [0.05, 0.1) is 6.33 Å². The fraction of sp³-hybridized carbons (Fsp3) is 0.474. The normalized spacial score (nSPS) is 22.6. The average molecular weight is 324 g/mol. The summed E-state index contributed by atoms with van der Waals surface area (Å²) in [5.74, 6) is 0.951. The smallest absolute Gasteiger partial charge is 0.254 e. The molecule has 2 atom stereocenters. The third kappa shape index (κ3) is 3.03. The second kappa shape index (κ2) is 6.67. The van der Waals surface area contributed by atoms with Crippen molar-refractivity contribution in [1.82, 2.24) is 14.5 Å². The van der Waals surface area contributed by atoms with Crippen LogP contribution in [-0.2, 0) is 6.54 Å². The lowest BCUT2D eigenvalue weighted by atomic mass is 10.0. The minimum atomic E-state index is 0.203. The fourth-order valence-corrected chi connectivity index (χ4v) is 4.13. The molecule has 2 aromatic rings. The molecule has 1 saturated heterocycles. The molecule has 5 nitrogen and oxygen atoms in total. The summed E-state index contributed by atoms with van der Waals surface area (Å²) >= 11 is 0. The van der Waals surface area contributed by atoms with E-state index < -0.39 is 0 Å². The largest absolute Gasteiger partial charge is 0.383 e. The Labute approximate surface area is 142 Å². The van der Waals surface area contributed by atoms with Crippen molar-refractivity contribution >= 4 is 11.6 Å². The van der Waals surface area contributed by atoms with E-state index in [0.29, 0.717) is 6.04 Å². The van der Waals surface area contributed by atoms with E-state index in [2.05, 4.69) is 15.2 Å². The topological polar surface area (TPSA) is 50.2 Å². The number of aromatic nitrogens is 2. The summed E-state index contributed by atoms with van der Waals surface area (Å²) < 4.78 is 2.04. The molecule has 126 valence electrons. The number of nitrogens with zero attached hydrogens (tertiary/aromatic N) is 3. The van der Waals surface area contributed by atoms with Crippen LogP contribution in [0.5, 0.6) is 0 Å². The van der Waals surface area contributed by atoms with Crippen LogP contribution in [0, 0.1) is 5.92 Å². The number of likely N-dealkylation sites (tertiary alicyclic amines) is 1. The predicted octanol–water partition coefficient (Wildman–Crippen LogP) is 3.01. The molecule has 1 aliphatic heterocycles. The number of hydrogen-bond donors (Lipinski definition) is 1. The molecular formula is C19H24N4O. The SMILES string of the molecule is O=C(c1ccc(NCCn2ccnc2)cc1)N1CC[C@@H]2CCC[C@@H]21. The highest BCUT2D eigenvalue weighted by atomic mass is 16.2. The van der Waals surface area contributed by atoms with E-state index in [1.165, 1.54) is 25.7 Å². The van der Waals surface area contributed by atoms with Gasteiger partial charge in [-0.15, -0.1) is 0 Å². The fourth-order valence-electron chi connectivity index (χ4n) is 4.13. The maximum absolute atomic E-state index is 12.8. The molecule has 5 heteroatoms. The molecule has 1 aromatic heterocycles. The molecule has 0 spiro atoms. The molecule has 0 bridgehead atoms. The zero-order valence-electron chi connectivity index (χ0n) is 13.9. The molecule has 4 rings (SSSR count). The lowest BCUT2D eigenvalue weighted by Gasteiger charge is -2.24. The number of carbonyl (C=O) groups excluding carboxylic acids is 1. The summed E-state index contributed by atoms with van der Waals surface area (Å²) in [7, 11) is 0. The highest BCUT2D eigenvalue weighted by Gasteiger charge is 2.39. The van der Waals surface area contributed by atoms with E-state index in [1.807, 2.05) is 41.4 Å². The molecule has 2 aliphatic rings. The first kappa shape index (κ1) is 15.2. The number of nitrogens with one attached hydrogen (secondary N) is 1. The van der Waals surface area contributed by atoms with E-state index in [1.54, 1.807) is 6.20 Å². The van der Waals surface area contributed by atoms with E-state index >= 15 is 0 Å². The van der Waals surface area contributed by atoms with Crippen LogP contribution in [0.2, 0.25) is 0 Å². The molecule has 1 N–H and O–H groups in total. The number of anilines is 1. The van der Waals surface area contributed by atoms with Crippen molar-refractivity contribution in [3.8, 4) is 0 Å². The maximum Gasteiger partial charge on any atom is 0.254 e. The second-order valence-corrected chi connectivity index (χ2v) is 6.85. The summed E-state index contributed by atoms with van der Waals surface area (Å²) in [5.41, 5.74) is 1.86. The van der Waals surface area contributed by atoms with Gasteiger partial charge in [0.25, 0.3) is 5.91 Å². The van der Waals surface area contributed by atoms with Crippen molar-refractivity contribution in [1.29, 1.82) is 0 Å². The van der Waals surface area contributed by atoms with Crippen LogP contribution >= 0.6 is 0 Å². The van der Waals surface area contributed by atoms with Gasteiger partial charge in [0.2, 0.25) is 0 Å². The van der Waals surface area contributed by atoms with Gasteiger partial charge >= 0.3 is 0 Å². The molecular weight excluding hydrogens is 300 g/mol. The number of benzene rings is 1. The van der Waals surface area contributed by atoms with Gasteiger partial charge in [-0.05, 0) is 49.4 Å². The van der Waals surface area contributed by atoms with Crippen molar-refractivity contribution in [3.63, 3.8) is 0 Å². The van der Waals surface area contributed by atoms with E-state index in [4.69, 9.17) is 0 Å². The molecule has 1 amide bonds. The van der Waals surface area contributed by atoms with Gasteiger partial charge in [-0.2, -0.15) is 0 Å². The Balaban J connectivity index is 1.34. The highest BCUT2D eigenvalue weighted by Crippen LogP contribution is 2.38. The van der Waals surface area contributed by atoms with Crippen LogP contribution < -0.4 is 5.32 Å². The van der Waals surface area contributed by atoms with Crippen molar-refractivity contribution in [2.24, 2.45) is 5.92 Å². The van der Waals surface area contributed by atoms with Gasteiger partial charge in [-0.25, -0.2) is 4.98 Å². The summed E-state index contributed by atoms with van der Waals surface area (Å²) in [6.07, 6.45) is 10.5. The number of fused-ring (bicyclic) bond motifs is 1. The Morgan fingerprint density at radius 2 is 2.08 bits per heavy atom. The van der Waals surface area contributed by atoms with Crippen molar-refractivity contribution in [2.45, 2.75) is 38.3 Å². The molecule has 1 aromatic carbocycles. The maximum atomic E-state index is 12.8. The minimum absolute atomic E-state index is 0.203. The lowest BCUT2D eigenvalue weighted by Crippen LogP contribution is -2.35. The predicted molar refractivity (Wildman–Crippen MR) is 93.9 cm³/mol. The van der Waals surface area contributed by atoms with E-state index in [0.717, 1.165) is 36.8 Å². The molecule has 0 unspecified atom stereocenters. The van der Waals surface area contributed by atoms with Crippen molar-refractivity contribution in [2.75, 3.05) is 18.4 Å². The van der Waals surface area contributed by atoms with Gasteiger partial charge < -0.3 is 14.8 Å². The number of carbonyl (C=O) groups is 1. The zero-order valence-corrected chi connectivity index (χ0v) is 13.9. The Kier molecular flexibility index (Phi) is 4.24. The Morgan fingerprint density at radius 1 is 1.21 bits per heavy atom. The number of rotatable bonds is 5. The Hall–Kier alpha value is -2.30. The first-order chi connectivity index (χ1) is 11.8. The lowest BCUT2D eigenvalue weighted by molar-refractivity contribution is 0.0729. The molecule has 2 fully saturated rings. The average Bonchev–Trinajstić information content (AvgIpc) is 3.33. The van der Waals surface area contributed by atoms with Gasteiger partial charge in [-0.1, -0.05) is 6.42 Å². The molecule has 1 saturated carbocycles. The number of hydrogen-bond acceptors (Lipinski definition) is 3. The zero-order chi connectivity index (χ0) is 16.4. The Morgan fingerprint density at radius 3 is 2.88 bits per heavy atom. The quantitative estimate of drug-likeness (QED) is 0.920. The van der Waals surface area contributed by atoms with Gasteiger partial charge in [-0.3, -0.25) is 4.79 Å². The summed E-state index contributed by atoms with van der Waals surface area (Å²) in [5, 5.41) is 3.38. The first-order valence-corrected chi connectivity index (χ1v) is 8.92. The molecule has 0 radical (unpaired) electrons. The van der Waals surface area contributed by atoms with Crippen molar-refractivity contribution in [3.05, 3.63) is 48.5 Å². The molecule has 24 heavy (non-hydrogen) atoms. The third-order valence-corrected chi connectivity index (χ3v) is 5.41. The first-order valence-electron chi connectivity index (χ1n) is 8.92. The van der Waals surface area contributed by atoms with Crippen LogP contribution in [-0.4, -0.2) is 39.5 Å². The standard InChI is InChI=1S/C19H24N4O/c24-19(23-11-8-15-2-1-3-18(15)23)16-4-6-17(7-5-16)21-10-13-22-12-9-20-14-22/h4-7,9,12,14-15,18,21H,1-3,8,10-11,13H2/t15-,18-/m0/s1.